The van der Waals surface area contributed by atoms with Gasteiger partial charge in [0.1, 0.15) is 10.7 Å². The number of thiazole rings is 1. The Hall–Kier alpha value is -1.34. The average molecular weight is 284 g/mol. The highest BCUT2D eigenvalue weighted by Gasteiger charge is 2.26. The number of hydrogen-bond acceptors (Lipinski definition) is 6. The molecule has 0 bridgehead atoms. The van der Waals surface area contributed by atoms with Gasteiger partial charge in [-0.1, -0.05) is 17.8 Å². The van der Waals surface area contributed by atoms with Gasteiger partial charge in [-0.3, -0.25) is 4.79 Å². The average Bonchev–Trinajstić information content (AvgIpc) is 2.93. The first-order chi connectivity index (χ1) is 8.99. The molecule has 0 radical (unpaired) electrons. The Kier molecular flexibility index (Phi) is 4.26. The van der Waals surface area contributed by atoms with E-state index in [1.54, 1.807) is 0 Å². The molecule has 1 fully saturated rings. The van der Waals surface area contributed by atoms with Crippen LogP contribution >= 0.6 is 11.3 Å². The van der Waals surface area contributed by atoms with Crippen molar-refractivity contribution in [2.24, 2.45) is 5.92 Å². The molecule has 1 aromatic heterocycles. The van der Waals surface area contributed by atoms with Crippen molar-refractivity contribution in [1.29, 1.82) is 0 Å². The molecule has 6 nitrogen and oxygen atoms in total. The molecule has 2 unspecified atom stereocenters. The monoisotopic (exact) mass is 284 g/mol. The van der Waals surface area contributed by atoms with Crippen LogP contribution in [-0.4, -0.2) is 42.7 Å². The Morgan fingerprint density at radius 3 is 2.84 bits per heavy atom. The van der Waals surface area contributed by atoms with Crippen molar-refractivity contribution in [3.8, 4) is 0 Å². The molecule has 0 aromatic carbocycles. The number of amides is 1. The second-order valence-corrected chi connectivity index (χ2v) is 6.05. The first kappa shape index (κ1) is 14.1. The summed E-state index contributed by atoms with van der Waals surface area (Å²) in [6.45, 7) is 0.495. The standard InChI is InChI=1S/C12H20N4O2S/c1-16(2)12-15-10(13)9(19-12)11(18)14-6-7-4-3-5-8(7)17/h7-8,17H,3-6,13H2,1-2H3,(H,14,18). The van der Waals surface area contributed by atoms with Crippen LogP contribution in [0.25, 0.3) is 0 Å². The quantitative estimate of drug-likeness (QED) is 0.756. The number of nitrogens with two attached hydrogens (primary N) is 1. The molecule has 0 saturated heterocycles. The summed E-state index contributed by atoms with van der Waals surface area (Å²) in [6.07, 6.45) is 2.52. The van der Waals surface area contributed by atoms with E-state index in [9.17, 15) is 9.90 Å². The van der Waals surface area contributed by atoms with Crippen molar-refractivity contribution in [2.45, 2.75) is 25.4 Å². The molecule has 4 N–H and O–H groups in total. The Balaban J connectivity index is 1.96. The Morgan fingerprint density at radius 2 is 2.32 bits per heavy atom. The van der Waals surface area contributed by atoms with Crippen LogP contribution in [-0.2, 0) is 0 Å². The lowest BCUT2D eigenvalue weighted by atomic mass is 10.1. The molecule has 2 atom stereocenters. The summed E-state index contributed by atoms with van der Waals surface area (Å²) in [6, 6.07) is 0. The van der Waals surface area contributed by atoms with Crippen molar-refractivity contribution in [2.75, 3.05) is 31.3 Å². The highest BCUT2D eigenvalue weighted by atomic mass is 32.1. The van der Waals surface area contributed by atoms with E-state index >= 15 is 0 Å². The van der Waals surface area contributed by atoms with E-state index in [1.807, 2.05) is 19.0 Å². The van der Waals surface area contributed by atoms with Gasteiger partial charge in [0.2, 0.25) is 0 Å². The van der Waals surface area contributed by atoms with Crippen molar-refractivity contribution >= 4 is 28.2 Å². The number of nitrogens with zero attached hydrogens (tertiary/aromatic N) is 2. The zero-order valence-electron chi connectivity index (χ0n) is 11.2. The molecule has 7 heteroatoms. The fraction of sp³-hybridized carbons (Fsp3) is 0.667. The summed E-state index contributed by atoms with van der Waals surface area (Å²) in [5, 5.41) is 13.3. The van der Waals surface area contributed by atoms with Crippen LogP contribution in [0, 0.1) is 5.92 Å². The smallest absolute Gasteiger partial charge is 0.265 e. The summed E-state index contributed by atoms with van der Waals surface area (Å²) >= 11 is 1.27. The molecule has 0 aliphatic heterocycles. The molecule has 1 aliphatic rings. The second kappa shape index (κ2) is 5.75. The Labute approximate surface area is 116 Å². The maximum atomic E-state index is 12.0. The topological polar surface area (TPSA) is 91.5 Å². The Morgan fingerprint density at radius 1 is 1.58 bits per heavy atom. The minimum absolute atomic E-state index is 0.159. The van der Waals surface area contributed by atoms with Gasteiger partial charge in [-0.25, -0.2) is 4.98 Å². The van der Waals surface area contributed by atoms with Crippen LogP contribution in [0.2, 0.25) is 0 Å². The van der Waals surface area contributed by atoms with E-state index in [0.717, 1.165) is 19.3 Å². The van der Waals surface area contributed by atoms with E-state index in [4.69, 9.17) is 5.73 Å². The number of aromatic nitrogens is 1. The van der Waals surface area contributed by atoms with Crippen molar-refractivity contribution in [1.82, 2.24) is 10.3 Å². The fourth-order valence-electron chi connectivity index (χ4n) is 2.23. The molecule has 1 heterocycles. The van der Waals surface area contributed by atoms with Crippen LogP contribution in [0.15, 0.2) is 0 Å². The van der Waals surface area contributed by atoms with E-state index < -0.39 is 0 Å². The van der Waals surface area contributed by atoms with E-state index in [0.29, 0.717) is 16.6 Å². The normalized spacial score (nSPS) is 22.5. The molecule has 1 amide bonds. The fourth-order valence-corrected chi connectivity index (χ4v) is 3.06. The van der Waals surface area contributed by atoms with Gasteiger partial charge in [-0.15, -0.1) is 0 Å². The maximum Gasteiger partial charge on any atom is 0.265 e. The maximum absolute atomic E-state index is 12.0. The van der Waals surface area contributed by atoms with Crippen molar-refractivity contribution < 1.29 is 9.90 Å². The van der Waals surface area contributed by atoms with Gasteiger partial charge < -0.3 is 21.1 Å². The minimum Gasteiger partial charge on any atom is -0.393 e. The molecule has 106 valence electrons. The largest absolute Gasteiger partial charge is 0.393 e. The third-order valence-electron chi connectivity index (χ3n) is 3.37. The number of nitrogen functional groups attached to an aromatic ring is 1. The Bertz CT molecular complexity index is 461. The van der Waals surface area contributed by atoms with Gasteiger partial charge in [0.05, 0.1) is 6.10 Å². The van der Waals surface area contributed by atoms with Gasteiger partial charge in [-0.05, 0) is 12.8 Å². The molecule has 19 heavy (non-hydrogen) atoms. The number of carbonyl (C=O) groups excluding carboxylic acids is 1. The predicted octanol–water partition coefficient (Wildman–Crippen LogP) is 0.682. The predicted molar refractivity (Wildman–Crippen MR) is 76.5 cm³/mol. The number of nitrogens with one attached hydrogen (secondary N) is 1. The van der Waals surface area contributed by atoms with E-state index in [-0.39, 0.29) is 23.7 Å². The summed E-state index contributed by atoms with van der Waals surface area (Å²) < 4.78 is 0. The van der Waals surface area contributed by atoms with Crippen LogP contribution in [0.3, 0.4) is 0 Å². The number of aliphatic hydroxyl groups is 1. The molecular formula is C12H20N4O2S. The highest BCUT2D eigenvalue weighted by molar-refractivity contribution is 7.18. The number of anilines is 2. The van der Waals surface area contributed by atoms with Gasteiger partial charge in [-0.2, -0.15) is 0 Å². The van der Waals surface area contributed by atoms with Crippen LogP contribution in [0.1, 0.15) is 28.9 Å². The third-order valence-corrected chi connectivity index (χ3v) is 4.61. The van der Waals surface area contributed by atoms with Gasteiger partial charge in [0.25, 0.3) is 5.91 Å². The molecule has 1 saturated carbocycles. The molecule has 2 rings (SSSR count). The van der Waals surface area contributed by atoms with Gasteiger partial charge in [0.15, 0.2) is 5.13 Å². The number of hydrogen-bond donors (Lipinski definition) is 3. The third kappa shape index (κ3) is 3.16. The van der Waals surface area contributed by atoms with Crippen LogP contribution < -0.4 is 16.0 Å². The first-order valence-corrected chi connectivity index (χ1v) is 7.20. The van der Waals surface area contributed by atoms with E-state index in [2.05, 4.69) is 10.3 Å². The van der Waals surface area contributed by atoms with Crippen molar-refractivity contribution in [3.63, 3.8) is 0 Å². The molecule has 0 spiro atoms. The summed E-state index contributed by atoms with van der Waals surface area (Å²) in [7, 11) is 3.71. The zero-order chi connectivity index (χ0) is 14.0. The summed E-state index contributed by atoms with van der Waals surface area (Å²) in [5.41, 5.74) is 5.75. The van der Waals surface area contributed by atoms with Gasteiger partial charge >= 0.3 is 0 Å². The summed E-state index contributed by atoms with van der Waals surface area (Å²) in [4.78, 5) is 18.4. The summed E-state index contributed by atoms with van der Waals surface area (Å²) in [5.74, 6) is 0.215. The highest BCUT2D eigenvalue weighted by Crippen LogP contribution is 2.27. The molecular weight excluding hydrogens is 264 g/mol. The van der Waals surface area contributed by atoms with Crippen LogP contribution in [0.4, 0.5) is 10.9 Å². The molecule has 1 aromatic rings. The lowest BCUT2D eigenvalue weighted by molar-refractivity contribution is 0.0921. The van der Waals surface area contributed by atoms with Crippen LogP contribution in [0.5, 0.6) is 0 Å². The number of aliphatic hydroxyl groups excluding tert-OH is 1. The van der Waals surface area contributed by atoms with E-state index in [1.165, 1.54) is 11.3 Å². The van der Waals surface area contributed by atoms with Crippen molar-refractivity contribution in [3.05, 3.63) is 4.88 Å². The number of carbonyl (C=O) groups is 1. The first-order valence-electron chi connectivity index (χ1n) is 6.39. The number of rotatable bonds is 4. The molecule has 1 aliphatic carbocycles. The second-order valence-electron chi connectivity index (χ2n) is 5.07. The lowest BCUT2D eigenvalue weighted by Gasteiger charge is -2.14. The lowest BCUT2D eigenvalue weighted by Crippen LogP contribution is -2.32. The van der Waals surface area contributed by atoms with Gasteiger partial charge in [0, 0.05) is 26.6 Å². The zero-order valence-corrected chi connectivity index (χ0v) is 12.0. The minimum atomic E-state index is -0.295. The SMILES string of the molecule is CN(C)c1nc(N)c(C(=O)NCC2CCCC2O)s1.